The van der Waals surface area contributed by atoms with E-state index in [0.29, 0.717) is 26.2 Å². The average Bonchev–Trinajstić information content (AvgIpc) is 2.59. The molecule has 7 heteroatoms. The molecule has 1 aliphatic heterocycles. The molecule has 1 heterocycles. The summed E-state index contributed by atoms with van der Waals surface area (Å²) in [7, 11) is 0. The Morgan fingerprint density at radius 3 is 2.29 bits per heavy atom. The lowest BCUT2D eigenvalue weighted by Gasteiger charge is -2.36. The van der Waals surface area contributed by atoms with Gasteiger partial charge in [-0.3, -0.25) is 9.59 Å². The van der Waals surface area contributed by atoms with Gasteiger partial charge in [-0.05, 0) is 30.2 Å². The lowest BCUT2D eigenvalue weighted by molar-refractivity contribution is -0.133. The minimum Gasteiger partial charge on any atom is -0.368 e. The largest absolute Gasteiger partial charge is 0.368 e. The summed E-state index contributed by atoms with van der Waals surface area (Å²) in [4.78, 5) is 27.8. The fourth-order valence-corrected chi connectivity index (χ4v) is 2.56. The number of carbonyl (C=O) groups excluding carboxylic acids is 2. The van der Waals surface area contributed by atoms with Gasteiger partial charge in [0.05, 0.1) is 12.6 Å². The Kier molecular flexibility index (Phi) is 6.14. The van der Waals surface area contributed by atoms with Crippen molar-refractivity contribution in [2.24, 2.45) is 11.7 Å². The van der Waals surface area contributed by atoms with E-state index in [-0.39, 0.29) is 30.1 Å². The lowest BCUT2D eigenvalue weighted by atomic mass is 10.1. The van der Waals surface area contributed by atoms with Crippen LogP contribution in [0.25, 0.3) is 0 Å². The molecular formula is C17H25FN4O2. The summed E-state index contributed by atoms with van der Waals surface area (Å²) < 4.78 is 13.0. The molecule has 3 N–H and O–H groups in total. The number of benzene rings is 1. The Morgan fingerprint density at radius 1 is 1.17 bits per heavy atom. The highest BCUT2D eigenvalue weighted by Gasteiger charge is 2.23. The zero-order valence-corrected chi connectivity index (χ0v) is 14.2. The van der Waals surface area contributed by atoms with Gasteiger partial charge in [0.1, 0.15) is 5.82 Å². The van der Waals surface area contributed by atoms with E-state index < -0.39 is 6.04 Å². The molecular weight excluding hydrogens is 311 g/mol. The van der Waals surface area contributed by atoms with Crippen molar-refractivity contribution in [3.8, 4) is 0 Å². The molecule has 1 aromatic carbocycles. The Balaban J connectivity index is 1.78. The predicted octanol–water partition coefficient (Wildman–Crippen LogP) is 0.574. The fourth-order valence-electron chi connectivity index (χ4n) is 2.56. The maximum atomic E-state index is 13.0. The fraction of sp³-hybridized carbons (Fsp3) is 0.529. The summed E-state index contributed by atoms with van der Waals surface area (Å²) in [6, 6.07) is 5.73. The molecule has 1 fully saturated rings. The van der Waals surface area contributed by atoms with E-state index in [1.807, 2.05) is 13.8 Å². The van der Waals surface area contributed by atoms with Crippen LogP contribution in [0.5, 0.6) is 0 Å². The molecule has 1 saturated heterocycles. The van der Waals surface area contributed by atoms with Crippen molar-refractivity contribution in [1.82, 2.24) is 10.2 Å². The van der Waals surface area contributed by atoms with Gasteiger partial charge < -0.3 is 20.9 Å². The number of nitrogens with one attached hydrogen (secondary N) is 1. The Labute approximate surface area is 141 Å². The predicted molar refractivity (Wildman–Crippen MR) is 91.0 cm³/mol. The number of piperazine rings is 1. The summed E-state index contributed by atoms with van der Waals surface area (Å²) in [6.07, 6.45) is 0. The minimum atomic E-state index is -0.604. The maximum Gasteiger partial charge on any atom is 0.242 e. The second-order valence-electron chi connectivity index (χ2n) is 6.33. The van der Waals surface area contributed by atoms with Crippen molar-refractivity contribution in [1.29, 1.82) is 0 Å². The smallest absolute Gasteiger partial charge is 0.242 e. The van der Waals surface area contributed by atoms with Gasteiger partial charge in [0.25, 0.3) is 0 Å². The van der Waals surface area contributed by atoms with Crippen LogP contribution in [0.1, 0.15) is 13.8 Å². The van der Waals surface area contributed by atoms with E-state index in [2.05, 4.69) is 10.2 Å². The van der Waals surface area contributed by atoms with Crippen LogP contribution >= 0.6 is 0 Å². The standard InChI is InChI=1S/C17H25FN4O2/c1-12(2)16(19)17(24)20-11-15(23)22-9-7-21(8-10-22)14-5-3-13(18)4-6-14/h3-6,12,16H,7-11,19H2,1-2H3,(H,20,24)/t16-/m0/s1. The minimum absolute atomic E-state index is 0.0272. The van der Waals surface area contributed by atoms with Crippen LogP contribution in [0.2, 0.25) is 0 Å². The summed E-state index contributed by atoms with van der Waals surface area (Å²) in [5.41, 5.74) is 6.69. The van der Waals surface area contributed by atoms with Crippen LogP contribution in [0, 0.1) is 11.7 Å². The van der Waals surface area contributed by atoms with Crippen LogP contribution in [0.15, 0.2) is 24.3 Å². The molecule has 6 nitrogen and oxygen atoms in total. The quantitative estimate of drug-likeness (QED) is 0.824. The highest BCUT2D eigenvalue weighted by Crippen LogP contribution is 2.16. The molecule has 132 valence electrons. The van der Waals surface area contributed by atoms with E-state index >= 15 is 0 Å². The van der Waals surface area contributed by atoms with Crippen molar-refractivity contribution < 1.29 is 14.0 Å². The van der Waals surface area contributed by atoms with Crippen LogP contribution in [0.4, 0.5) is 10.1 Å². The van der Waals surface area contributed by atoms with Crippen LogP contribution in [-0.4, -0.2) is 55.5 Å². The molecule has 2 rings (SSSR count). The first-order valence-electron chi connectivity index (χ1n) is 8.20. The zero-order valence-electron chi connectivity index (χ0n) is 14.2. The number of anilines is 1. The molecule has 0 spiro atoms. The summed E-state index contributed by atoms with van der Waals surface area (Å²) >= 11 is 0. The third kappa shape index (κ3) is 4.67. The van der Waals surface area contributed by atoms with E-state index in [1.165, 1.54) is 12.1 Å². The number of nitrogens with two attached hydrogens (primary N) is 1. The number of carbonyl (C=O) groups is 2. The molecule has 0 unspecified atom stereocenters. The molecule has 24 heavy (non-hydrogen) atoms. The molecule has 2 amide bonds. The van der Waals surface area contributed by atoms with Crippen molar-refractivity contribution in [3.05, 3.63) is 30.1 Å². The molecule has 1 aliphatic rings. The summed E-state index contributed by atoms with van der Waals surface area (Å²) in [5.74, 6) is -0.649. The van der Waals surface area contributed by atoms with Crippen LogP contribution in [-0.2, 0) is 9.59 Å². The summed E-state index contributed by atoms with van der Waals surface area (Å²) in [6.45, 7) is 6.19. The van der Waals surface area contributed by atoms with Crippen molar-refractivity contribution in [3.63, 3.8) is 0 Å². The third-order valence-electron chi connectivity index (χ3n) is 4.26. The van der Waals surface area contributed by atoms with Crippen molar-refractivity contribution in [2.45, 2.75) is 19.9 Å². The van der Waals surface area contributed by atoms with Gasteiger partial charge >= 0.3 is 0 Å². The number of halogens is 1. The molecule has 0 radical (unpaired) electrons. The van der Waals surface area contributed by atoms with Crippen molar-refractivity contribution in [2.75, 3.05) is 37.6 Å². The monoisotopic (exact) mass is 336 g/mol. The first-order valence-corrected chi connectivity index (χ1v) is 8.20. The van der Waals surface area contributed by atoms with Crippen molar-refractivity contribution >= 4 is 17.5 Å². The van der Waals surface area contributed by atoms with Gasteiger partial charge in [-0.25, -0.2) is 4.39 Å². The van der Waals surface area contributed by atoms with Gasteiger partial charge in [-0.2, -0.15) is 0 Å². The number of nitrogens with zero attached hydrogens (tertiary/aromatic N) is 2. The first-order chi connectivity index (χ1) is 11.4. The average molecular weight is 336 g/mol. The van der Waals surface area contributed by atoms with E-state index in [0.717, 1.165) is 5.69 Å². The topological polar surface area (TPSA) is 78.7 Å². The van der Waals surface area contributed by atoms with Crippen LogP contribution < -0.4 is 16.0 Å². The Hall–Kier alpha value is -2.15. The zero-order chi connectivity index (χ0) is 17.7. The highest BCUT2D eigenvalue weighted by molar-refractivity contribution is 5.87. The molecule has 0 aliphatic carbocycles. The second-order valence-corrected chi connectivity index (χ2v) is 6.33. The number of rotatable bonds is 5. The van der Waals surface area contributed by atoms with E-state index in [4.69, 9.17) is 5.73 Å². The lowest BCUT2D eigenvalue weighted by Crippen LogP contribution is -2.52. The van der Waals surface area contributed by atoms with Gasteiger partial charge in [0, 0.05) is 31.9 Å². The second kappa shape index (κ2) is 8.10. The highest BCUT2D eigenvalue weighted by atomic mass is 19.1. The van der Waals surface area contributed by atoms with Gasteiger partial charge in [-0.1, -0.05) is 13.8 Å². The molecule has 0 aromatic heterocycles. The molecule has 1 atom stereocenters. The number of hydrogen-bond acceptors (Lipinski definition) is 4. The molecule has 1 aromatic rings. The van der Waals surface area contributed by atoms with Gasteiger partial charge in [0.15, 0.2) is 0 Å². The van der Waals surface area contributed by atoms with Crippen LogP contribution in [0.3, 0.4) is 0 Å². The normalized spacial score (nSPS) is 16.2. The maximum absolute atomic E-state index is 13.0. The van der Waals surface area contributed by atoms with Gasteiger partial charge in [-0.15, -0.1) is 0 Å². The third-order valence-corrected chi connectivity index (χ3v) is 4.26. The number of hydrogen-bond donors (Lipinski definition) is 2. The van der Waals surface area contributed by atoms with Gasteiger partial charge in [0.2, 0.25) is 11.8 Å². The number of amides is 2. The molecule has 0 saturated carbocycles. The Morgan fingerprint density at radius 2 is 1.75 bits per heavy atom. The first kappa shape index (κ1) is 18.2. The Bertz CT molecular complexity index is 568. The summed E-state index contributed by atoms with van der Waals surface area (Å²) in [5, 5.41) is 2.60. The molecule has 0 bridgehead atoms. The van der Waals surface area contributed by atoms with E-state index in [1.54, 1.807) is 17.0 Å². The SMILES string of the molecule is CC(C)[C@H](N)C(=O)NCC(=O)N1CCN(c2ccc(F)cc2)CC1. The van der Waals surface area contributed by atoms with E-state index in [9.17, 15) is 14.0 Å².